The number of nitrogens with one attached hydrogen (secondary N) is 1. The van der Waals surface area contributed by atoms with Crippen LogP contribution in [0.15, 0.2) is 78.2 Å². The van der Waals surface area contributed by atoms with E-state index in [2.05, 4.69) is 25.5 Å². The monoisotopic (exact) mass is 373 g/mol. The van der Waals surface area contributed by atoms with Gasteiger partial charge in [0.25, 0.3) is 0 Å². The number of hydrazone groups is 1. The minimum absolute atomic E-state index is 0.552. The first-order chi connectivity index (χ1) is 13.2. The maximum atomic E-state index is 6.33. The van der Waals surface area contributed by atoms with Gasteiger partial charge in [0.1, 0.15) is 0 Å². The molecule has 2 heterocycles. The van der Waals surface area contributed by atoms with Crippen molar-refractivity contribution in [1.29, 1.82) is 0 Å². The van der Waals surface area contributed by atoms with Crippen molar-refractivity contribution in [2.45, 2.75) is 6.92 Å². The van der Waals surface area contributed by atoms with Gasteiger partial charge in [0.2, 0.25) is 0 Å². The van der Waals surface area contributed by atoms with E-state index in [1.54, 1.807) is 12.4 Å². The van der Waals surface area contributed by atoms with Crippen LogP contribution >= 0.6 is 11.6 Å². The third kappa shape index (κ3) is 3.64. The van der Waals surface area contributed by atoms with E-state index in [1.807, 2.05) is 67.6 Å². The molecule has 0 unspecified atom stereocenters. The number of pyridine rings is 1. The largest absolute Gasteiger partial charge is 0.264 e. The molecule has 1 N–H and O–H groups in total. The minimum Gasteiger partial charge on any atom is -0.264 e. The molecule has 27 heavy (non-hydrogen) atoms. The fourth-order valence-corrected chi connectivity index (χ4v) is 2.92. The van der Waals surface area contributed by atoms with Crippen LogP contribution in [0.3, 0.4) is 0 Å². The van der Waals surface area contributed by atoms with Gasteiger partial charge in [0.15, 0.2) is 11.6 Å². The lowest BCUT2D eigenvalue weighted by atomic mass is 10.2. The highest BCUT2D eigenvalue weighted by atomic mass is 35.5. The molecule has 0 atom stereocenters. The van der Waals surface area contributed by atoms with Gasteiger partial charge >= 0.3 is 0 Å². The van der Waals surface area contributed by atoms with E-state index < -0.39 is 0 Å². The summed E-state index contributed by atoms with van der Waals surface area (Å²) in [6.07, 6.45) is 3.51. The molecule has 132 valence electrons. The quantitative estimate of drug-likeness (QED) is 0.395. The summed E-state index contributed by atoms with van der Waals surface area (Å²) in [5.74, 6) is 1.18. The number of rotatable bonds is 4. The van der Waals surface area contributed by atoms with Crippen LogP contribution < -0.4 is 5.43 Å². The molecule has 4 rings (SSSR count). The Morgan fingerprint density at radius 2 is 1.78 bits per heavy atom. The molecule has 0 aliphatic rings. The molecule has 0 saturated heterocycles. The summed E-state index contributed by atoms with van der Waals surface area (Å²) in [5, 5.41) is 5.97. The fraction of sp³-hybridized carbons (Fsp3) is 0.0476. The molecular formula is C21H16ClN5. The smallest absolute Gasteiger partial charge is 0.163 e. The van der Waals surface area contributed by atoms with Crippen molar-refractivity contribution in [2.24, 2.45) is 5.10 Å². The summed E-state index contributed by atoms with van der Waals surface area (Å²) in [6, 6.07) is 19.2. The van der Waals surface area contributed by atoms with Crippen LogP contribution in [0.4, 0.5) is 5.82 Å². The fourth-order valence-electron chi connectivity index (χ4n) is 2.70. The predicted octanol–water partition coefficient (Wildman–Crippen LogP) is 5.18. The van der Waals surface area contributed by atoms with Gasteiger partial charge in [-0.1, -0.05) is 41.9 Å². The number of fused-ring (bicyclic) bond motifs is 1. The van der Waals surface area contributed by atoms with Gasteiger partial charge in [-0.25, -0.2) is 9.97 Å². The molecule has 0 amide bonds. The van der Waals surface area contributed by atoms with Crippen LogP contribution in [0, 0.1) is 0 Å². The highest BCUT2D eigenvalue weighted by molar-refractivity contribution is 6.33. The number of anilines is 1. The first-order valence-corrected chi connectivity index (χ1v) is 8.82. The summed E-state index contributed by atoms with van der Waals surface area (Å²) in [4.78, 5) is 13.5. The normalized spacial score (nSPS) is 11.6. The zero-order chi connectivity index (χ0) is 18.6. The molecule has 2 aromatic carbocycles. The van der Waals surface area contributed by atoms with Crippen molar-refractivity contribution in [3.05, 3.63) is 83.6 Å². The van der Waals surface area contributed by atoms with E-state index in [-0.39, 0.29) is 0 Å². The Kier molecular flexibility index (Phi) is 4.77. The van der Waals surface area contributed by atoms with Crippen LogP contribution in [0.2, 0.25) is 5.02 Å². The second kappa shape index (κ2) is 7.51. The van der Waals surface area contributed by atoms with E-state index in [1.165, 1.54) is 0 Å². The Balaban J connectivity index is 1.79. The highest BCUT2D eigenvalue weighted by Gasteiger charge is 2.11. The lowest BCUT2D eigenvalue weighted by Crippen LogP contribution is -2.03. The first kappa shape index (κ1) is 17.1. The zero-order valence-electron chi connectivity index (χ0n) is 14.6. The van der Waals surface area contributed by atoms with Crippen molar-refractivity contribution < 1.29 is 0 Å². The number of hydrogen-bond acceptors (Lipinski definition) is 5. The minimum atomic E-state index is 0.552. The topological polar surface area (TPSA) is 63.1 Å². The van der Waals surface area contributed by atoms with Crippen LogP contribution in [0.5, 0.6) is 0 Å². The molecule has 4 aromatic rings. The summed E-state index contributed by atoms with van der Waals surface area (Å²) in [5.41, 5.74) is 6.43. The van der Waals surface area contributed by atoms with E-state index in [4.69, 9.17) is 11.6 Å². The lowest BCUT2D eigenvalue weighted by molar-refractivity contribution is 1.18. The molecule has 6 heteroatoms. The lowest BCUT2D eigenvalue weighted by Gasteiger charge is -2.10. The van der Waals surface area contributed by atoms with Crippen molar-refractivity contribution in [2.75, 3.05) is 5.43 Å². The summed E-state index contributed by atoms with van der Waals surface area (Å²) in [6.45, 7) is 1.92. The molecule has 0 saturated carbocycles. The van der Waals surface area contributed by atoms with Crippen molar-refractivity contribution in [3.63, 3.8) is 0 Å². The first-order valence-electron chi connectivity index (χ1n) is 8.45. The van der Waals surface area contributed by atoms with E-state index >= 15 is 0 Å². The van der Waals surface area contributed by atoms with Gasteiger partial charge in [-0.15, -0.1) is 0 Å². The van der Waals surface area contributed by atoms with Gasteiger partial charge in [-0.05, 0) is 37.3 Å². The molecule has 0 spiro atoms. The summed E-state index contributed by atoms with van der Waals surface area (Å²) in [7, 11) is 0. The number of hydrogen-bond donors (Lipinski definition) is 1. The number of aromatic nitrogens is 3. The van der Waals surface area contributed by atoms with Gasteiger partial charge in [-0.3, -0.25) is 10.4 Å². The molecular weight excluding hydrogens is 358 g/mol. The van der Waals surface area contributed by atoms with Crippen LogP contribution in [-0.2, 0) is 0 Å². The Labute approximate surface area is 161 Å². The Bertz CT molecular complexity index is 1130. The zero-order valence-corrected chi connectivity index (χ0v) is 15.4. The third-order valence-electron chi connectivity index (χ3n) is 4.13. The Morgan fingerprint density at radius 3 is 2.59 bits per heavy atom. The average molecular weight is 374 g/mol. The molecule has 0 aliphatic carbocycles. The van der Waals surface area contributed by atoms with Crippen molar-refractivity contribution in [1.82, 2.24) is 15.0 Å². The van der Waals surface area contributed by atoms with Gasteiger partial charge in [-0.2, -0.15) is 5.10 Å². The number of nitrogens with zero attached hydrogens (tertiary/aromatic N) is 4. The average Bonchev–Trinajstić information content (AvgIpc) is 2.72. The maximum absolute atomic E-state index is 6.33. The summed E-state index contributed by atoms with van der Waals surface area (Å²) < 4.78 is 0. The van der Waals surface area contributed by atoms with Crippen LogP contribution in [0.25, 0.3) is 22.3 Å². The summed E-state index contributed by atoms with van der Waals surface area (Å²) >= 11 is 6.33. The molecule has 0 aliphatic heterocycles. The van der Waals surface area contributed by atoms with E-state index in [0.29, 0.717) is 16.7 Å². The van der Waals surface area contributed by atoms with Gasteiger partial charge < -0.3 is 0 Å². The SMILES string of the molecule is C/C(=N\Nc1nc(-c2ccccc2Cl)nc2ccccc12)c1cccnc1. The van der Waals surface area contributed by atoms with E-state index in [9.17, 15) is 0 Å². The van der Waals surface area contributed by atoms with Crippen molar-refractivity contribution >= 4 is 34.0 Å². The second-order valence-corrected chi connectivity index (χ2v) is 6.35. The highest BCUT2D eigenvalue weighted by Crippen LogP contribution is 2.29. The molecule has 0 radical (unpaired) electrons. The van der Waals surface area contributed by atoms with Crippen molar-refractivity contribution in [3.8, 4) is 11.4 Å². The Hall–Kier alpha value is -3.31. The predicted molar refractivity (Wildman–Crippen MR) is 110 cm³/mol. The standard InChI is InChI=1S/C21H16ClN5/c1-14(15-7-6-12-23-13-15)26-27-21-17-9-3-5-11-19(17)24-20(25-21)16-8-2-4-10-18(16)22/h2-13H,1H3,(H,24,25,27)/b26-14+. The molecule has 5 nitrogen and oxygen atoms in total. The molecule has 0 bridgehead atoms. The number of benzene rings is 2. The van der Waals surface area contributed by atoms with Crippen LogP contribution in [0.1, 0.15) is 12.5 Å². The second-order valence-electron chi connectivity index (χ2n) is 5.94. The number of para-hydroxylation sites is 1. The molecule has 2 aromatic heterocycles. The Morgan fingerprint density at radius 1 is 0.963 bits per heavy atom. The van der Waals surface area contributed by atoms with Gasteiger partial charge in [0.05, 0.1) is 16.3 Å². The van der Waals surface area contributed by atoms with Crippen LogP contribution in [-0.4, -0.2) is 20.7 Å². The third-order valence-corrected chi connectivity index (χ3v) is 4.46. The maximum Gasteiger partial charge on any atom is 0.163 e. The molecule has 0 fully saturated rings. The number of halogens is 1. The van der Waals surface area contributed by atoms with E-state index in [0.717, 1.165) is 27.7 Å². The van der Waals surface area contributed by atoms with Gasteiger partial charge in [0, 0.05) is 28.9 Å².